The highest BCUT2D eigenvalue weighted by Gasteiger charge is 2.07. The van der Waals surface area contributed by atoms with Crippen molar-refractivity contribution < 1.29 is 8.78 Å². The standard InChI is InChI=1S/C11H11F2N3/c1-14-11-15-4-5-16(11)7-8-6-9(12)2-3-10(8)13/h2-6H,7H2,1H3,(H,14,15). The normalized spacial score (nSPS) is 10.4. The van der Waals surface area contributed by atoms with Gasteiger partial charge in [-0.05, 0) is 18.2 Å². The third-order valence-electron chi connectivity index (χ3n) is 2.29. The predicted molar refractivity (Wildman–Crippen MR) is 57.2 cm³/mol. The van der Waals surface area contributed by atoms with Crippen LogP contribution in [0.15, 0.2) is 30.6 Å². The molecule has 2 aromatic rings. The molecule has 0 aliphatic heterocycles. The average Bonchev–Trinajstić information content (AvgIpc) is 2.71. The molecule has 1 aromatic carbocycles. The predicted octanol–water partition coefficient (Wildman–Crippen LogP) is 2.25. The van der Waals surface area contributed by atoms with Gasteiger partial charge in [0.1, 0.15) is 11.6 Å². The molecule has 1 aromatic heterocycles. The zero-order chi connectivity index (χ0) is 11.5. The number of rotatable bonds is 3. The molecule has 0 amide bonds. The molecule has 1 N–H and O–H groups in total. The molecular weight excluding hydrogens is 212 g/mol. The third kappa shape index (κ3) is 2.03. The lowest BCUT2D eigenvalue weighted by Gasteiger charge is -2.08. The van der Waals surface area contributed by atoms with E-state index in [0.29, 0.717) is 11.5 Å². The van der Waals surface area contributed by atoms with Gasteiger partial charge in [-0.15, -0.1) is 0 Å². The maximum absolute atomic E-state index is 13.4. The van der Waals surface area contributed by atoms with Crippen molar-refractivity contribution >= 4 is 5.95 Å². The van der Waals surface area contributed by atoms with Gasteiger partial charge in [-0.3, -0.25) is 0 Å². The topological polar surface area (TPSA) is 29.9 Å². The van der Waals surface area contributed by atoms with E-state index in [9.17, 15) is 8.78 Å². The number of nitrogens with one attached hydrogen (secondary N) is 1. The molecule has 0 spiro atoms. The lowest BCUT2D eigenvalue weighted by atomic mass is 10.2. The van der Waals surface area contributed by atoms with Crippen LogP contribution in [0.2, 0.25) is 0 Å². The van der Waals surface area contributed by atoms with Gasteiger partial charge < -0.3 is 9.88 Å². The van der Waals surface area contributed by atoms with E-state index in [1.807, 2.05) is 0 Å². The van der Waals surface area contributed by atoms with Gasteiger partial charge in [0, 0.05) is 25.0 Å². The number of hydrogen-bond donors (Lipinski definition) is 1. The lowest BCUT2D eigenvalue weighted by molar-refractivity contribution is 0.577. The zero-order valence-electron chi connectivity index (χ0n) is 8.74. The van der Waals surface area contributed by atoms with E-state index >= 15 is 0 Å². The molecule has 2 rings (SSSR count). The number of hydrogen-bond acceptors (Lipinski definition) is 2. The minimum atomic E-state index is -0.442. The van der Waals surface area contributed by atoms with Crippen LogP contribution in [-0.2, 0) is 6.54 Å². The Bertz CT molecular complexity index is 494. The number of nitrogens with zero attached hydrogens (tertiary/aromatic N) is 2. The first-order valence-electron chi connectivity index (χ1n) is 4.83. The van der Waals surface area contributed by atoms with Crippen LogP contribution in [0.4, 0.5) is 14.7 Å². The maximum atomic E-state index is 13.4. The monoisotopic (exact) mass is 223 g/mol. The molecule has 3 nitrogen and oxygen atoms in total. The van der Waals surface area contributed by atoms with Gasteiger partial charge in [0.25, 0.3) is 0 Å². The highest BCUT2D eigenvalue weighted by molar-refractivity contribution is 5.27. The van der Waals surface area contributed by atoms with Crippen LogP contribution in [0.3, 0.4) is 0 Å². The van der Waals surface area contributed by atoms with E-state index in [0.717, 1.165) is 12.1 Å². The molecule has 0 saturated carbocycles. The van der Waals surface area contributed by atoms with Crippen molar-refractivity contribution in [2.75, 3.05) is 12.4 Å². The van der Waals surface area contributed by atoms with Crippen molar-refractivity contribution in [1.82, 2.24) is 9.55 Å². The van der Waals surface area contributed by atoms with Gasteiger partial charge in [-0.1, -0.05) is 0 Å². The van der Waals surface area contributed by atoms with E-state index < -0.39 is 11.6 Å². The first-order chi connectivity index (χ1) is 7.70. The van der Waals surface area contributed by atoms with E-state index in [4.69, 9.17) is 0 Å². The van der Waals surface area contributed by atoms with Crippen LogP contribution < -0.4 is 5.32 Å². The lowest BCUT2D eigenvalue weighted by Crippen LogP contribution is -2.05. The van der Waals surface area contributed by atoms with Gasteiger partial charge in [0.05, 0.1) is 6.54 Å². The summed E-state index contributed by atoms with van der Waals surface area (Å²) < 4.78 is 28.0. The quantitative estimate of drug-likeness (QED) is 0.864. The molecule has 0 radical (unpaired) electrons. The summed E-state index contributed by atoms with van der Waals surface area (Å²) in [5.74, 6) is -0.247. The van der Waals surface area contributed by atoms with Gasteiger partial charge >= 0.3 is 0 Å². The van der Waals surface area contributed by atoms with Crippen LogP contribution in [0.5, 0.6) is 0 Å². The summed E-state index contributed by atoms with van der Waals surface area (Å²) in [4.78, 5) is 4.02. The molecule has 0 atom stereocenters. The van der Waals surface area contributed by atoms with Crippen molar-refractivity contribution in [2.45, 2.75) is 6.54 Å². The number of aromatic nitrogens is 2. The summed E-state index contributed by atoms with van der Waals surface area (Å²) in [6.45, 7) is 0.250. The van der Waals surface area contributed by atoms with Crippen molar-refractivity contribution in [2.24, 2.45) is 0 Å². The Hall–Kier alpha value is -1.91. The Labute approximate surface area is 91.7 Å². The Morgan fingerprint density at radius 2 is 2.19 bits per heavy atom. The Morgan fingerprint density at radius 3 is 2.94 bits per heavy atom. The van der Waals surface area contributed by atoms with E-state index in [1.54, 1.807) is 24.0 Å². The van der Waals surface area contributed by atoms with Crippen molar-refractivity contribution in [3.63, 3.8) is 0 Å². The van der Waals surface area contributed by atoms with Crippen LogP contribution in [0.1, 0.15) is 5.56 Å². The third-order valence-corrected chi connectivity index (χ3v) is 2.29. The summed E-state index contributed by atoms with van der Waals surface area (Å²) >= 11 is 0. The summed E-state index contributed by atoms with van der Waals surface area (Å²) in [5, 5.41) is 2.87. The van der Waals surface area contributed by atoms with Crippen molar-refractivity contribution in [3.05, 3.63) is 47.8 Å². The Balaban J connectivity index is 2.30. The molecule has 16 heavy (non-hydrogen) atoms. The number of imidazole rings is 1. The molecule has 84 valence electrons. The van der Waals surface area contributed by atoms with Crippen LogP contribution in [0.25, 0.3) is 0 Å². The highest BCUT2D eigenvalue weighted by atomic mass is 19.1. The number of halogens is 2. The van der Waals surface area contributed by atoms with E-state index in [-0.39, 0.29) is 6.54 Å². The second kappa shape index (κ2) is 4.30. The highest BCUT2D eigenvalue weighted by Crippen LogP contribution is 2.13. The number of anilines is 1. The summed E-state index contributed by atoms with van der Waals surface area (Å²) in [6, 6.07) is 3.42. The first kappa shape index (κ1) is 10.6. The van der Waals surface area contributed by atoms with Gasteiger partial charge in [-0.2, -0.15) is 0 Å². The SMILES string of the molecule is CNc1nccn1Cc1cc(F)ccc1F. The second-order valence-electron chi connectivity index (χ2n) is 3.36. The number of benzene rings is 1. The molecular formula is C11H11F2N3. The minimum Gasteiger partial charge on any atom is -0.359 e. The average molecular weight is 223 g/mol. The summed E-state index contributed by atoms with van der Waals surface area (Å²) in [6.07, 6.45) is 3.30. The zero-order valence-corrected chi connectivity index (χ0v) is 8.74. The van der Waals surface area contributed by atoms with Crippen molar-refractivity contribution in [1.29, 1.82) is 0 Å². The minimum absolute atomic E-state index is 0.250. The molecule has 0 aliphatic carbocycles. The fourth-order valence-corrected chi connectivity index (χ4v) is 1.51. The van der Waals surface area contributed by atoms with Crippen LogP contribution >= 0.6 is 0 Å². The Morgan fingerprint density at radius 1 is 1.38 bits per heavy atom. The van der Waals surface area contributed by atoms with Gasteiger partial charge in [0.15, 0.2) is 0 Å². The van der Waals surface area contributed by atoms with Crippen LogP contribution in [-0.4, -0.2) is 16.6 Å². The molecule has 0 saturated heterocycles. The maximum Gasteiger partial charge on any atom is 0.202 e. The van der Waals surface area contributed by atoms with Crippen molar-refractivity contribution in [3.8, 4) is 0 Å². The molecule has 5 heteroatoms. The summed E-state index contributed by atoms with van der Waals surface area (Å²) in [5.41, 5.74) is 0.300. The molecule has 0 unspecified atom stereocenters. The fourth-order valence-electron chi connectivity index (χ4n) is 1.51. The molecule has 0 fully saturated rings. The fraction of sp³-hybridized carbons (Fsp3) is 0.182. The van der Waals surface area contributed by atoms with Gasteiger partial charge in [0.2, 0.25) is 5.95 Å². The molecule has 0 aliphatic rings. The largest absolute Gasteiger partial charge is 0.359 e. The van der Waals surface area contributed by atoms with Crippen LogP contribution in [0, 0.1) is 11.6 Å². The van der Waals surface area contributed by atoms with E-state index in [1.165, 1.54) is 6.07 Å². The Kier molecular flexibility index (Phi) is 2.85. The second-order valence-corrected chi connectivity index (χ2v) is 3.36. The first-order valence-corrected chi connectivity index (χ1v) is 4.83. The molecule has 0 bridgehead atoms. The van der Waals surface area contributed by atoms with Gasteiger partial charge in [-0.25, -0.2) is 13.8 Å². The smallest absolute Gasteiger partial charge is 0.202 e. The van der Waals surface area contributed by atoms with E-state index in [2.05, 4.69) is 10.3 Å². The molecule has 1 heterocycles. The summed E-state index contributed by atoms with van der Waals surface area (Å²) in [7, 11) is 1.72.